The van der Waals surface area contributed by atoms with Crippen LogP contribution in [0.1, 0.15) is 0 Å². The van der Waals surface area contributed by atoms with Gasteiger partial charge in [0.15, 0.2) is 5.58 Å². The van der Waals surface area contributed by atoms with Crippen LogP contribution in [-0.2, 0) is 0 Å². The van der Waals surface area contributed by atoms with Crippen LogP contribution in [-0.4, -0.2) is 0 Å². The summed E-state index contributed by atoms with van der Waals surface area (Å²) in [5.74, 6) is 0. The smallest absolute Gasteiger partial charge is 0.159 e. The Bertz CT molecular complexity index is 3180. The molecule has 248 valence electrons. The zero-order chi connectivity index (χ0) is 34.9. The van der Waals surface area contributed by atoms with Crippen molar-refractivity contribution >= 4 is 82.5 Å². The van der Waals surface area contributed by atoms with E-state index in [4.69, 9.17) is 8.83 Å². The SMILES string of the molecule is c1ccc(-c2cccc(N(c3cc4c(oc5cccc(-c6cccc7ccccc67)c54)c4ccccc34)c3cccc4c3oc3ccccc34)c2)cc1. The molecule has 2 aromatic heterocycles. The van der Waals surface area contributed by atoms with Crippen LogP contribution in [0.25, 0.3) is 87.7 Å². The Morgan fingerprint density at radius 1 is 0.340 bits per heavy atom. The highest BCUT2D eigenvalue weighted by molar-refractivity contribution is 6.24. The Labute approximate surface area is 305 Å². The molecular formula is C50H31NO2. The van der Waals surface area contributed by atoms with Gasteiger partial charge in [0.25, 0.3) is 0 Å². The number of benzene rings is 9. The maximum absolute atomic E-state index is 6.84. The molecule has 0 saturated carbocycles. The highest BCUT2D eigenvalue weighted by Crippen LogP contribution is 2.49. The fourth-order valence-corrected chi connectivity index (χ4v) is 8.27. The minimum absolute atomic E-state index is 0.844. The van der Waals surface area contributed by atoms with Crippen LogP contribution in [0.4, 0.5) is 17.1 Å². The summed E-state index contributed by atoms with van der Waals surface area (Å²) in [6.07, 6.45) is 0. The van der Waals surface area contributed by atoms with Crippen molar-refractivity contribution in [3.8, 4) is 22.3 Å². The maximum Gasteiger partial charge on any atom is 0.159 e. The normalized spacial score (nSPS) is 11.8. The third kappa shape index (κ3) is 4.61. The van der Waals surface area contributed by atoms with Gasteiger partial charge in [0, 0.05) is 38.0 Å². The number of rotatable bonds is 5. The summed E-state index contributed by atoms with van der Waals surface area (Å²) in [5.41, 5.74) is 11.1. The molecule has 11 rings (SSSR count). The standard InChI is InChI=1S/C50H31NO2/c1-2-14-32(15-3-1)34-18-10-19-35(30-34)51(44-27-12-26-42-39-22-8-9-28-46(39)52-50(42)44)45-31-43-48-40(37-24-11-17-33-16-4-5-20-36(33)37)25-13-29-47(48)53-49(43)41-23-7-6-21-38(41)45/h1-31H. The summed E-state index contributed by atoms with van der Waals surface area (Å²) >= 11 is 0. The van der Waals surface area contributed by atoms with Gasteiger partial charge in [-0.3, -0.25) is 0 Å². The fourth-order valence-electron chi connectivity index (χ4n) is 8.27. The first kappa shape index (κ1) is 29.6. The zero-order valence-corrected chi connectivity index (χ0v) is 28.7. The number of nitrogens with zero attached hydrogens (tertiary/aromatic N) is 1. The van der Waals surface area contributed by atoms with Gasteiger partial charge in [-0.2, -0.15) is 0 Å². The molecule has 0 aliphatic rings. The molecular weight excluding hydrogens is 647 g/mol. The van der Waals surface area contributed by atoms with Gasteiger partial charge in [0.05, 0.1) is 11.4 Å². The molecule has 0 spiro atoms. The van der Waals surface area contributed by atoms with Crippen molar-refractivity contribution in [2.45, 2.75) is 0 Å². The molecule has 0 amide bonds. The van der Waals surface area contributed by atoms with E-state index in [1.807, 2.05) is 12.1 Å². The summed E-state index contributed by atoms with van der Waals surface area (Å²) in [6, 6.07) is 66.7. The summed E-state index contributed by atoms with van der Waals surface area (Å²) in [6.45, 7) is 0. The molecule has 3 nitrogen and oxygen atoms in total. The highest BCUT2D eigenvalue weighted by Gasteiger charge is 2.25. The lowest BCUT2D eigenvalue weighted by Crippen LogP contribution is -2.11. The number of furan rings is 2. The van der Waals surface area contributed by atoms with E-state index in [1.165, 1.54) is 16.3 Å². The highest BCUT2D eigenvalue weighted by atomic mass is 16.3. The summed E-state index contributed by atoms with van der Waals surface area (Å²) < 4.78 is 13.6. The molecule has 0 N–H and O–H groups in total. The lowest BCUT2D eigenvalue weighted by atomic mass is 9.93. The average molecular weight is 678 g/mol. The predicted molar refractivity (Wildman–Crippen MR) is 222 cm³/mol. The van der Waals surface area contributed by atoms with E-state index < -0.39 is 0 Å². The van der Waals surface area contributed by atoms with Gasteiger partial charge in [-0.25, -0.2) is 0 Å². The number of hydrogen-bond acceptors (Lipinski definition) is 3. The summed E-state index contributed by atoms with van der Waals surface area (Å²) in [7, 11) is 0. The first-order valence-corrected chi connectivity index (χ1v) is 18.0. The van der Waals surface area contributed by atoms with E-state index in [9.17, 15) is 0 Å². The van der Waals surface area contributed by atoms with Crippen molar-refractivity contribution in [2.24, 2.45) is 0 Å². The number of hydrogen-bond donors (Lipinski definition) is 0. The van der Waals surface area contributed by atoms with Gasteiger partial charge >= 0.3 is 0 Å². The van der Waals surface area contributed by atoms with E-state index in [1.54, 1.807) is 0 Å². The molecule has 53 heavy (non-hydrogen) atoms. The molecule has 0 atom stereocenters. The van der Waals surface area contributed by atoms with Crippen LogP contribution in [0.2, 0.25) is 0 Å². The third-order valence-corrected chi connectivity index (χ3v) is 10.6. The number of anilines is 3. The topological polar surface area (TPSA) is 29.5 Å². The lowest BCUT2D eigenvalue weighted by molar-refractivity contribution is 0.669. The minimum Gasteiger partial charge on any atom is -0.455 e. The fraction of sp³-hybridized carbons (Fsp3) is 0. The largest absolute Gasteiger partial charge is 0.455 e. The van der Waals surface area contributed by atoms with Crippen LogP contribution < -0.4 is 4.90 Å². The van der Waals surface area contributed by atoms with E-state index >= 15 is 0 Å². The van der Waals surface area contributed by atoms with Crippen LogP contribution >= 0.6 is 0 Å². The Hall–Kier alpha value is -7.10. The van der Waals surface area contributed by atoms with E-state index in [2.05, 4.69) is 181 Å². The Balaban J connectivity index is 1.26. The van der Waals surface area contributed by atoms with Gasteiger partial charge in [0.1, 0.15) is 16.7 Å². The monoisotopic (exact) mass is 677 g/mol. The zero-order valence-electron chi connectivity index (χ0n) is 28.7. The predicted octanol–water partition coefficient (Wildman–Crippen LogP) is 14.6. The molecule has 0 saturated heterocycles. The van der Waals surface area contributed by atoms with Crippen molar-refractivity contribution in [3.63, 3.8) is 0 Å². The molecule has 0 aliphatic carbocycles. The van der Waals surface area contributed by atoms with Crippen LogP contribution in [0, 0.1) is 0 Å². The average Bonchev–Trinajstić information content (AvgIpc) is 3.81. The molecule has 3 heteroatoms. The third-order valence-electron chi connectivity index (χ3n) is 10.6. The lowest BCUT2D eigenvalue weighted by Gasteiger charge is -2.27. The van der Waals surface area contributed by atoms with Crippen molar-refractivity contribution in [3.05, 3.63) is 188 Å². The second kappa shape index (κ2) is 11.7. The van der Waals surface area contributed by atoms with Crippen molar-refractivity contribution in [1.82, 2.24) is 0 Å². The number of fused-ring (bicyclic) bond motifs is 9. The first-order chi connectivity index (χ1) is 26.3. The van der Waals surface area contributed by atoms with Gasteiger partial charge in [-0.1, -0.05) is 152 Å². The van der Waals surface area contributed by atoms with E-state index in [0.29, 0.717) is 0 Å². The van der Waals surface area contributed by atoms with Crippen LogP contribution in [0.5, 0.6) is 0 Å². The van der Waals surface area contributed by atoms with Gasteiger partial charge in [-0.05, 0) is 69.4 Å². The Morgan fingerprint density at radius 3 is 1.85 bits per heavy atom. The summed E-state index contributed by atoms with van der Waals surface area (Å²) in [4.78, 5) is 2.37. The van der Waals surface area contributed by atoms with E-state index in [-0.39, 0.29) is 0 Å². The molecule has 0 fully saturated rings. The summed E-state index contributed by atoms with van der Waals surface area (Å²) in [5, 5.41) is 8.93. The minimum atomic E-state index is 0.844. The Kier molecular flexibility index (Phi) is 6.55. The van der Waals surface area contributed by atoms with Crippen molar-refractivity contribution in [2.75, 3.05) is 4.90 Å². The second-order valence-electron chi connectivity index (χ2n) is 13.6. The van der Waals surface area contributed by atoms with Gasteiger partial charge < -0.3 is 13.7 Å². The second-order valence-corrected chi connectivity index (χ2v) is 13.6. The molecule has 9 aromatic carbocycles. The van der Waals surface area contributed by atoms with Crippen molar-refractivity contribution < 1.29 is 8.83 Å². The van der Waals surface area contributed by atoms with Crippen molar-refractivity contribution in [1.29, 1.82) is 0 Å². The maximum atomic E-state index is 6.84. The van der Waals surface area contributed by atoms with E-state index in [0.717, 1.165) is 88.4 Å². The molecule has 2 heterocycles. The molecule has 0 bridgehead atoms. The van der Waals surface area contributed by atoms with Gasteiger partial charge in [-0.15, -0.1) is 0 Å². The van der Waals surface area contributed by atoms with Crippen LogP contribution in [0.15, 0.2) is 197 Å². The molecule has 0 unspecified atom stereocenters. The van der Waals surface area contributed by atoms with Gasteiger partial charge in [0.2, 0.25) is 0 Å². The molecule has 11 aromatic rings. The Morgan fingerprint density at radius 2 is 0.943 bits per heavy atom. The molecule has 0 aliphatic heterocycles. The number of para-hydroxylation sites is 2. The molecule has 0 radical (unpaired) electrons. The van der Waals surface area contributed by atoms with Crippen LogP contribution in [0.3, 0.4) is 0 Å². The first-order valence-electron chi connectivity index (χ1n) is 18.0. The quantitative estimate of drug-likeness (QED) is 0.182.